The summed E-state index contributed by atoms with van der Waals surface area (Å²) >= 11 is 5.97. The van der Waals surface area contributed by atoms with Crippen molar-refractivity contribution in [3.8, 4) is 0 Å². The molecule has 0 saturated heterocycles. The number of hydrogen-bond donors (Lipinski definition) is 2. The minimum Gasteiger partial charge on any atom is -0.349 e. The highest BCUT2D eigenvalue weighted by Crippen LogP contribution is 2.24. The molecule has 1 amide bonds. The smallest absolute Gasteiger partial charge is 0.251 e. The van der Waals surface area contributed by atoms with Crippen molar-refractivity contribution in [2.24, 2.45) is 11.7 Å². The maximum Gasteiger partial charge on any atom is 0.251 e. The molecule has 0 bridgehead atoms. The van der Waals surface area contributed by atoms with Gasteiger partial charge in [-0.15, -0.1) is 12.4 Å². The van der Waals surface area contributed by atoms with E-state index in [4.69, 9.17) is 17.3 Å². The maximum absolute atomic E-state index is 12.2. The molecule has 0 spiro atoms. The molecule has 2 unspecified atom stereocenters. The third kappa shape index (κ3) is 4.11. The highest BCUT2D eigenvalue weighted by atomic mass is 35.5. The topological polar surface area (TPSA) is 55.1 Å². The van der Waals surface area contributed by atoms with E-state index in [0.29, 0.717) is 23.0 Å². The number of rotatable bonds is 3. The largest absolute Gasteiger partial charge is 0.349 e. The summed E-state index contributed by atoms with van der Waals surface area (Å²) in [5.41, 5.74) is 7.38. The van der Waals surface area contributed by atoms with Crippen LogP contribution in [0, 0.1) is 12.8 Å². The van der Waals surface area contributed by atoms with Crippen LogP contribution in [0.1, 0.15) is 41.6 Å². The molecular weight excluding hydrogens is 295 g/mol. The lowest BCUT2D eigenvalue weighted by Gasteiger charge is -2.31. The summed E-state index contributed by atoms with van der Waals surface area (Å²) in [4.78, 5) is 12.2. The zero-order chi connectivity index (χ0) is 13.8. The molecule has 0 aromatic heterocycles. The summed E-state index contributed by atoms with van der Waals surface area (Å²) in [6.45, 7) is 2.55. The summed E-state index contributed by atoms with van der Waals surface area (Å²) in [7, 11) is 0. The second-order valence-electron chi connectivity index (χ2n) is 5.32. The van der Waals surface area contributed by atoms with Crippen LogP contribution in [0.5, 0.6) is 0 Å². The fourth-order valence-electron chi connectivity index (χ4n) is 2.72. The minimum absolute atomic E-state index is 0. The summed E-state index contributed by atoms with van der Waals surface area (Å²) in [5, 5.41) is 3.81. The fraction of sp³-hybridized carbons (Fsp3) is 0.533. The summed E-state index contributed by atoms with van der Waals surface area (Å²) in [5.74, 6) is 0.385. The Morgan fingerprint density at radius 2 is 2.10 bits per heavy atom. The first kappa shape index (κ1) is 17.3. The molecule has 1 aliphatic carbocycles. The molecule has 112 valence electrons. The molecule has 0 aliphatic heterocycles. The quantitative estimate of drug-likeness (QED) is 0.898. The Kier molecular flexibility index (Phi) is 6.80. The van der Waals surface area contributed by atoms with Gasteiger partial charge >= 0.3 is 0 Å². The minimum atomic E-state index is -0.0230. The Morgan fingerprint density at radius 3 is 2.75 bits per heavy atom. The average Bonchev–Trinajstić information content (AvgIpc) is 2.42. The van der Waals surface area contributed by atoms with Crippen LogP contribution in [0.4, 0.5) is 0 Å². The van der Waals surface area contributed by atoms with E-state index in [1.54, 1.807) is 12.1 Å². The number of benzene rings is 1. The van der Waals surface area contributed by atoms with Crippen LogP contribution in [-0.2, 0) is 0 Å². The van der Waals surface area contributed by atoms with E-state index in [2.05, 4.69) is 5.32 Å². The first-order valence-electron chi connectivity index (χ1n) is 6.89. The van der Waals surface area contributed by atoms with Crippen LogP contribution < -0.4 is 11.1 Å². The van der Waals surface area contributed by atoms with Gasteiger partial charge in [-0.05, 0) is 56.0 Å². The zero-order valence-corrected chi connectivity index (χ0v) is 13.3. The Morgan fingerprint density at radius 1 is 1.40 bits per heavy atom. The zero-order valence-electron chi connectivity index (χ0n) is 11.7. The molecule has 0 radical (unpaired) electrons. The van der Waals surface area contributed by atoms with E-state index in [-0.39, 0.29) is 24.4 Å². The lowest BCUT2D eigenvalue weighted by molar-refractivity contribution is 0.0908. The van der Waals surface area contributed by atoms with Crippen molar-refractivity contribution < 1.29 is 4.79 Å². The number of aryl methyl sites for hydroxylation is 1. The second kappa shape index (κ2) is 7.87. The maximum atomic E-state index is 12.2. The molecular formula is C15H22Cl2N2O. The number of carbonyl (C=O) groups excluding carboxylic acids is 1. The Labute approximate surface area is 131 Å². The normalized spacial score (nSPS) is 21.9. The highest BCUT2D eigenvalue weighted by Gasteiger charge is 2.25. The van der Waals surface area contributed by atoms with Crippen LogP contribution >= 0.6 is 24.0 Å². The standard InChI is InChI=1S/C15H21ClN2O.ClH/c1-10-8-11(6-7-13(10)16)15(19)18-14-5-3-2-4-12(14)9-17;/h6-8,12,14H,2-5,9,17H2,1H3,(H,18,19);1H. The van der Waals surface area contributed by atoms with Crippen LogP contribution in [-0.4, -0.2) is 18.5 Å². The van der Waals surface area contributed by atoms with Crippen LogP contribution in [0.15, 0.2) is 18.2 Å². The molecule has 1 aliphatic rings. The number of hydrogen-bond acceptors (Lipinski definition) is 2. The van der Waals surface area contributed by atoms with Gasteiger partial charge in [-0.1, -0.05) is 24.4 Å². The number of carbonyl (C=O) groups is 1. The molecule has 20 heavy (non-hydrogen) atoms. The van der Waals surface area contributed by atoms with Gasteiger partial charge in [0.25, 0.3) is 5.91 Å². The Hall–Kier alpha value is -0.770. The number of halogens is 2. The van der Waals surface area contributed by atoms with Gasteiger partial charge in [-0.25, -0.2) is 0 Å². The molecule has 0 heterocycles. The van der Waals surface area contributed by atoms with Crippen molar-refractivity contribution in [2.75, 3.05) is 6.54 Å². The SMILES string of the molecule is Cc1cc(C(=O)NC2CCCCC2CN)ccc1Cl.Cl. The molecule has 2 atom stereocenters. The van der Waals surface area contributed by atoms with Gasteiger partial charge in [0, 0.05) is 16.6 Å². The summed E-state index contributed by atoms with van der Waals surface area (Å²) in [6.07, 6.45) is 4.52. The fourth-order valence-corrected chi connectivity index (χ4v) is 2.84. The predicted octanol–water partition coefficient (Wildman–Crippen LogP) is 3.32. The highest BCUT2D eigenvalue weighted by molar-refractivity contribution is 6.31. The van der Waals surface area contributed by atoms with E-state index in [1.165, 1.54) is 12.8 Å². The van der Waals surface area contributed by atoms with E-state index in [9.17, 15) is 4.79 Å². The van der Waals surface area contributed by atoms with Gasteiger partial charge < -0.3 is 11.1 Å². The monoisotopic (exact) mass is 316 g/mol. The first-order chi connectivity index (χ1) is 9.11. The van der Waals surface area contributed by atoms with Gasteiger partial charge in [0.2, 0.25) is 0 Å². The molecule has 1 fully saturated rings. The van der Waals surface area contributed by atoms with E-state index in [1.807, 2.05) is 13.0 Å². The first-order valence-corrected chi connectivity index (χ1v) is 7.26. The lowest BCUT2D eigenvalue weighted by Crippen LogP contribution is -2.44. The van der Waals surface area contributed by atoms with E-state index >= 15 is 0 Å². The van der Waals surface area contributed by atoms with Crippen molar-refractivity contribution in [3.63, 3.8) is 0 Å². The van der Waals surface area contributed by atoms with E-state index < -0.39 is 0 Å². The number of nitrogens with one attached hydrogen (secondary N) is 1. The Balaban J connectivity index is 0.00000200. The van der Waals surface area contributed by atoms with Gasteiger partial charge in [-0.3, -0.25) is 4.79 Å². The Bertz CT molecular complexity index is 465. The second-order valence-corrected chi connectivity index (χ2v) is 5.73. The molecule has 3 N–H and O–H groups in total. The van der Waals surface area contributed by atoms with Gasteiger partial charge in [-0.2, -0.15) is 0 Å². The van der Waals surface area contributed by atoms with Crippen molar-refractivity contribution in [1.29, 1.82) is 0 Å². The van der Waals surface area contributed by atoms with Crippen LogP contribution in [0.2, 0.25) is 5.02 Å². The average molecular weight is 317 g/mol. The molecule has 5 heteroatoms. The lowest BCUT2D eigenvalue weighted by atomic mass is 9.84. The van der Waals surface area contributed by atoms with Crippen LogP contribution in [0.3, 0.4) is 0 Å². The van der Waals surface area contributed by atoms with Gasteiger partial charge in [0.15, 0.2) is 0 Å². The number of amides is 1. The van der Waals surface area contributed by atoms with Crippen molar-refractivity contribution >= 4 is 29.9 Å². The van der Waals surface area contributed by atoms with Crippen molar-refractivity contribution in [3.05, 3.63) is 34.3 Å². The molecule has 1 aromatic carbocycles. The molecule has 1 aromatic rings. The number of nitrogens with two attached hydrogens (primary N) is 1. The third-order valence-corrected chi connectivity index (χ3v) is 4.37. The predicted molar refractivity (Wildman–Crippen MR) is 85.7 cm³/mol. The molecule has 3 nitrogen and oxygen atoms in total. The van der Waals surface area contributed by atoms with Gasteiger partial charge in [0.05, 0.1) is 0 Å². The molecule has 1 saturated carbocycles. The van der Waals surface area contributed by atoms with Crippen molar-refractivity contribution in [2.45, 2.75) is 38.6 Å². The summed E-state index contributed by atoms with van der Waals surface area (Å²) in [6, 6.07) is 5.58. The van der Waals surface area contributed by atoms with E-state index in [0.717, 1.165) is 18.4 Å². The summed E-state index contributed by atoms with van der Waals surface area (Å²) < 4.78 is 0. The van der Waals surface area contributed by atoms with Crippen molar-refractivity contribution in [1.82, 2.24) is 5.32 Å². The molecule has 2 rings (SSSR count). The van der Waals surface area contributed by atoms with Gasteiger partial charge in [0.1, 0.15) is 0 Å². The third-order valence-electron chi connectivity index (χ3n) is 3.95. The van der Waals surface area contributed by atoms with Crippen LogP contribution in [0.25, 0.3) is 0 Å².